The SMILES string of the molecule is COC(=O)c1c(-c2ccc(C#N)cc2)c(C)n(Cc2ccc(F)nc2)c1C. The Hall–Kier alpha value is -3.46. The van der Waals surface area contributed by atoms with Gasteiger partial charge in [0.1, 0.15) is 0 Å². The average molecular weight is 363 g/mol. The molecule has 0 unspecified atom stereocenters. The van der Waals surface area contributed by atoms with Crippen molar-refractivity contribution in [1.29, 1.82) is 5.26 Å². The minimum atomic E-state index is -0.534. The number of halogens is 1. The maximum Gasteiger partial charge on any atom is 0.340 e. The van der Waals surface area contributed by atoms with Crippen molar-refractivity contribution in [2.45, 2.75) is 20.4 Å². The second-order valence-electron chi connectivity index (χ2n) is 6.18. The van der Waals surface area contributed by atoms with E-state index < -0.39 is 11.9 Å². The number of methoxy groups -OCH3 is 1. The Morgan fingerprint density at radius 1 is 1.19 bits per heavy atom. The minimum Gasteiger partial charge on any atom is -0.465 e. The standard InChI is InChI=1S/C21H18FN3O2/c1-13-19(17-7-4-15(10-23)5-8-17)20(21(26)27-3)14(2)25(13)12-16-6-9-18(22)24-11-16/h4-9,11H,12H2,1-3H3. The van der Waals surface area contributed by atoms with Crippen molar-refractivity contribution in [1.82, 2.24) is 9.55 Å². The third-order valence-electron chi connectivity index (χ3n) is 4.60. The molecule has 0 spiro atoms. The first-order valence-electron chi connectivity index (χ1n) is 8.35. The van der Waals surface area contributed by atoms with E-state index in [1.807, 2.05) is 30.5 Å². The molecule has 0 bridgehead atoms. The van der Waals surface area contributed by atoms with Gasteiger partial charge in [0.25, 0.3) is 0 Å². The van der Waals surface area contributed by atoms with E-state index in [1.165, 1.54) is 19.4 Å². The number of rotatable bonds is 4. The molecule has 0 amide bonds. The van der Waals surface area contributed by atoms with Gasteiger partial charge in [-0.15, -0.1) is 0 Å². The smallest absolute Gasteiger partial charge is 0.340 e. The molecule has 2 heterocycles. The first-order chi connectivity index (χ1) is 13.0. The molecule has 136 valence electrons. The average Bonchev–Trinajstić information content (AvgIpc) is 2.93. The lowest BCUT2D eigenvalue weighted by atomic mass is 9.99. The van der Waals surface area contributed by atoms with Gasteiger partial charge >= 0.3 is 5.97 Å². The third kappa shape index (κ3) is 3.44. The van der Waals surface area contributed by atoms with Gasteiger partial charge in [0.05, 0.1) is 24.3 Å². The maximum atomic E-state index is 13.1. The highest BCUT2D eigenvalue weighted by Gasteiger charge is 2.24. The molecular weight excluding hydrogens is 345 g/mol. The Morgan fingerprint density at radius 2 is 1.89 bits per heavy atom. The summed E-state index contributed by atoms with van der Waals surface area (Å²) in [6.45, 7) is 4.22. The number of esters is 1. The molecule has 0 aliphatic heterocycles. The molecule has 0 aliphatic carbocycles. The summed E-state index contributed by atoms with van der Waals surface area (Å²) in [5.41, 5.74) is 5.06. The van der Waals surface area contributed by atoms with Crippen molar-refractivity contribution in [3.8, 4) is 17.2 Å². The third-order valence-corrected chi connectivity index (χ3v) is 4.60. The minimum absolute atomic E-state index is 0.425. The Morgan fingerprint density at radius 3 is 2.44 bits per heavy atom. The maximum absolute atomic E-state index is 13.1. The molecule has 0 saturated carbocycles. The molecule has 0 N–H and O–H groups in total. The van der Waals surface area contributed by atoms with Crippen LogP contribution in [-0.2, 0) is 11.3 Å². The zero-order chi connectivity index (χ0) is 19.6. The van der Waals surface area contributed by atoms with Crippen LogP contribution in [0.3, 0.4) is 0 Å². The lowest BCUT2D eigenvalue weighted by Gasteiger charge is -2.10. The highest BCUT2D eigenvalue weighted by molar-refractivity contribution is 5.99. The summed E-state index contributed by atoms with van der Waals surface area (Å²) in [5, 5.41) is 9.01. The largest absolute Gasteiger partial charge is 0.465 e. The molecule has 0 fully saturated rings. The zero-order valence-electron chi connectivity index (χ0n) is 15.3. The fraction of sp³-hybridized carbons (Fsp3) is 0.190. The second kappa shape index (κ2) is 7.42. The number of pyridine rings is 1. The van der Waals surface area contributed by atoms with E-state index in [2.05, 4.69) is 11.1 Å². The van der Waals surface area contributed by atoms with Crippen LogP contribution in [0.2, 0.25) is 0 Å². The molecule has 1 aromatic carbocycles. The summed E-state index contributed by atoms with van der Waals surface area (Å²) < 4.78 is 20.1. The molecule has 3 rings (SSSR count). The summed E-state index contributed by atoms with van der Waals surface area (Å²) in [4.78, 5) is 16.2. The predicted octanol–water partition coefficient (Wildman–Crippen LogP) is 4.01. The van der Waals surface area contributed by atoms with Crippen molar-refractivity contribution in [2.75, 3.05) is 7.11 Å². The summed E-state index contributed by atoms with van der Waals surface area (Å²) in [5.74, 6) is -0.959. The Kier molecular flexibility index (Phi) is 5.04. The van der Waals surface area contributed by atoms with E-state index in [4.69, 9.17) is 10.00 Å². The van der Waals surface area contributed by atoms with Crippen LogP contribution in [0, 0.1) is 31.1 Å². The van der Waals surface area contributed by atoms with Crippen molar-refractivity contribution >= 4 is 5.97 Å². The Bertz CT molecular complexity index is 1030. The molecule has 0 aliphatic rings. The van der Waals surface area contributed by atoms with Crippen molar-refractivity contribution in [3.63, 3.8) is 0 Å². The van der Waals surface area contributed by atoms with Crippen LogP contribution in [0.4, 0.5) is 4.39 Å². The van der Waals surface area contributed by atoms with Crippen LogP contribution in [0.5, 0.6) is 0 Å². The van der Waals surface area contributed by atoms with Gasteiger partial charge in [0.15, 0.2) is 0 Å². The molecule has 0 atom stereocenters. The molecule has 0 radical (unpaired) electrons. The highest BCUT2D eigenvalue weighted by atomic mass is 19.1. The summed E-state index contributed by atoms with van der Waals surface area (Å²) >= 11 is 0. The molecule has 3 aromatic rings. The van der Waals surface area contributed by atoms with Gasteiger partial charge < -0.3 is 9.30 Å². The van der Waals surface area contributed by atoms with E-state index in [0.29, 0.717) is 17.7 Å². The van der Waals surface area contributed by atoms with Gasteiger partial charge in [0.2, 0.25) is 5.95 Å². The van der Waals surface area contributed by atoms with Crippen LogP contribution in [0.25, 0.3) is 11.1 Å². The van der Waals surface area contributed by atoms with Crippen LogP contribution < -0.4 is 0 Å². The molecule has 0 saturated heterocycles. The predicted molar refractivity (Wildman–Crippen MR) is 98.7 cm³/mol. The molecular formula is C21H18FN3O2. The zero-order valence-corrected chi connectivity index (χ0v) is 15.3. The number of nitrogens with zero attached hydrogens (tertiary/aromatic N) is 3. The van der Waals surface area contributed by atoms with Gasteiger partial charge in [0, 0.05) is 29.7 Å². The van der Waals surface area contributed by atoms with E-state index in [-0.39, 0.29) is 0 Å². The summed E-state index contributed by atoms with van der Waals surface area (Å²) in [6.07, 6.45) is 1.48. The Balaban J connectivity index is 2.15. The van der Waals surface area contributed by atoms with Gasteiger partial charge in [-0.25, -0.2) is 9.78 Å². The van der Waals surface area contributed by atoms with Crippen molar-refractivity contribution < 1.29 is 13.9 Å². The van der Waals surface area contributed by atoms with Crippen LogP contribution >= 0.6 is 0 Å². The fourth-order valence-corrected chi connectivity index (χ4v) is 3.22. The first kappa shape index (κ1) is 18.3. The van der Waals surface area contributed by atoms with Crippen molar-refractivity contribution in [3.05, 3.63) is 76.6 Å². The normalized spacial score (nSPS) is 10.5. The number of ether oxygens (including phenoxy) is 1. The monoisotopic (exact) mass is 363 g/mol. The van der Waals surface area contributed by atoms with Crippen LogP contribution in [-0.4, -0.2) is 22.6 Å². The van der Waals surface area contributed by atoms with E-state index >= 15 is 0 Å². The lowest BCUT2D eigenvalue weighted by Crippen LogP contribution is -2.07. The topological polar surface area (TPSA) is 67.9 Å². The van der Waals surface area contributed by atoms with Crippen LogP contribution in [0.15, 0.2) is 42.6 Å². The van der Waals surface area contributed by atoms with E-state index in [9.17, 15) is 9.18 Å². The molecule has 2 aromatic heterocycles. The van der Waals surface area contributed by atoms with Gasteiger partial charge in [-0.3, -0.25) is 0 Å². The lowest BCUT2D eigenvalue weighted by molar-refractivity contribution is 0.0600. The summed E-state index contributed by atoms with van der Waals surface area (Å²) in [6, 6.07) is 12.1. The highest BCUT2D eigenvalue weighted by Crippen LogP contribution is 2.33. The number of hydrogen-bond acceptors (Lipinski definition) is 4. The quantitative estimate of drug-likeness (QED) is 0.519. The number of aromatic nitrogens is 2. The Labute approximate surface area is 156 Å². The van der Waals surface area contributed by atoms with E-state index in [1.54, 1.807) is 18.2 Å². The second-order valence-corrected chi connectivity index (χ2v) is 6.18. The van der Waals surface area contributed by atoms with Gasteiger partial charge in [-0.1, -0.05) is 18.2 Å². The number of carbonyl (C=O) groups excluding carboxylic acids is 1. The first-order valence-corrected chi connectivity index (χ1v) is 8.35. The number of nitriles is 1. The number of benzene rings is 1. The molecule has 5 nitrogen and oxygen atoms in total. The van der Waals surface area contributed by atoms with E-state index in [0.717, 1.165) is 28.1 Å². The van der Waals surface area contributed by atoms with Crippen molar-refractivity contribution in [2.24, 2.45) is 0 Å². The molecule has 27 heavy (non-hydrogen) atoms. The van der Waals surface area contributed by atoms with Gasteiger partial charge in [-0.2, -0.15) is 9.65 Å². The van der Waals surface area contributed by atoms with Gasteiger partial charge in [-0.05, 0) is 43.2 Å². The molecule has 6 heteroatoms. The van der Waals surface area contributed by atoms with Crippen LogP contribution in [0.1, 0.15) is 32.9 Å². The fourth-order valence-electron chi connectivity index (χ4n) is 3.22. The number of carbonyl (C=O) groups is 1. The summed E-state index contributed by atoms with van der Waals surface area (Å²) in [7, 11) is 1.35. The number of hydrogen-bond donors (Lipinski definition) is 0.